The van der Waals surface area contributed by atoms with E-state index in [0.717, 1.165) is 12.8 Å². The van der Waals surface area contributed by atoms with Gasteiger partial charge in [-0.3, -0.25) is 9.59 Å². The van der Waals surface area contributed by atoms with Crippen molar-refractivity contribution in [3.8, 4) is 0 Å². The van der Waals surface area contributed by atoms with E-state index in [1.807, 2.05) is 27.7 Å². The molecule has 0 saturated carbocycles. The quantitative estimate of drug-likeness (QED) is 0.148. The topological polar surface area (TPSA) is 61.8 Å². The molecule has 31 heavy (non-hydrogen) atoms. The average molecular weight is 443 g/mol. The van der Waals surface area contributed by atoms with Crippen molar-refractivity contribution in [1.29, 1.82) is 0 Å². The fourth-order valence-electron chi connectivity index (χ4n) is 3.26. The molecule has 0 amide bonds. The molecular formula is C26H50O5. The van der Waals surface area contributed by atoms with Crippen LogP contribution in [0.4, 0.5) is 0 Å². The second-order valence-electron chi connectivity index (χ2n) is 9.69. The van der Waals surface area contributed by atoms with Crippen molar-refractivity contribution in [1.82, 2.24) is 0 Å². The Hall–Kier alpha value is -1.10. The summed E-state index contributed by atoms with van der Waals surface area (Å²) in [6, 6.07) is 0. The van der Waals surface area contributed by atoms with E-state index in [9.17, 15) is 9.59 Å². The molecule has 0 rings (SSSR count). The minimum Gasteiger partial charge on any atom is -0.466 e. The predicted octanol–water partition coefficient (Wildman–Crippen LogP) is 7.15. The molecule has 0 heterocycles. The van der Waals surface area contributed by atoms with E-state index in [0.29, 0.717) is 19.6 Å². The summed E-state index contributed by atoms with van der Waals surface area (Å²) >= 11 is 0. The van der Waals surface area contributed by atoms with Crippen LogP contribution in [-0.2, 0) is 23.8 Å². The molecule has 0 radical (unpaired) electrons. The van der Waals surface area contributed by atoms with Gasteiger partial charge in [0.1, 0.15) is 6.10 Å². The molecule has 5 heteroatoms. The number of carbonyl (C=O) groups is 2. The van der Waals surface area contributed by atoms with Crippen LogP contribution in [0.2, 0.25) is 0 Å². The minimum atomic E-state index is -0.293. The van der Waals surface area contributed by atoms with Crippen LogP contribution in [0.1, 0.15) is 131 Å². The SMILES string of the molecule is CCCCCCCCCCCCCCOC(=O)CCCC(=O)OC(C)COC(C)(C)C. The Balaban J connectivity index is 3.44. The molecule has 0 spiro atoms. The highest BCUT2D eigenvalue weighted by Crippen LogP contribution is 2.12. The molecule has 0 aromatic heterocycles. The Morgan fingerprint density at radius 1 is 0.710 bits per heavy atom. The van der Waals surface area contributed by atoms with Gasteiger partial charge in [0.05, 0.1) is 18.8 Å². The Morgan fingerprint density at radius 2 is 1.19 bits per heavy atom. The number of carbonyl (C=O) groups excluding carboxylic acids is 2. The first-order chi connectivity index (χ1) is 14.7. The predicted molar refractivity (Wildman–Crippen MR) is 127 cm³/mol. The Kier molecular flexibility index (Phi) is 18.9. The van der Waals surface area contributed by atoms with E-state index in [-0.39, 0.29) is 36.5 Å². The molecule has 184 valence electrons. The average Bonchev–Trinajstić information content (AvgIpc) is 2.69. The molecule has 0 aliphatic heterocycles. The van der Waals surface area contributed by atoms with E-state index >= 15 is 0 Å². The monoisotopic (exact) mass is 442 g/mol. The molecule has 0 aliphatic rings. The Morgan fingerprint density at radius 3 is 1.71 bits per heavy atom. The highest BCUT2D eigenvalue weighted by Gasteiger charge is 2.15. The second kappa shape index (κ2) is 19.6. The number of ether oxygens (including phenoxy) is 3. The molecular weight excluding hydrogens is 392 g/mol. The summed E-state index contributed by atoms with van der Waals surface area (Å²) in [6.07, 6.45) is 16.1. The maximum atomic E-state index is 11.8. The normalized spacial score (nSPS) is 12.5. The van der Waals surface area contributed by atoms with Gasteiger partial charge in [-0.1, -0.05) is 77.6 Å². The number of rotatable bonds is 20. The van der Waals surface area contributed by atoms with Crippen molar-refractivity contribution in [2.24, 2.45) is 0 Å². The lowest BCUT2D eigenvalue weighted by Crippen LogP contribution is -2.27. The van der Waals surface area contributed by atoms with Crippen LogP contribution in [0, 0.1) is 0 Å². The summed E-state index contributed by atoms with van der Waals surface area (Å²) in [6.45, 7) is 10.8. The van der Waals surface area contributed by atoms with Crippen LogP contribution >= 0.6 is 0 Å². The first-order valence-electron chi connectivity index (χ1n) is 12.7. The molecule has 0 saturated heterocycles. The Labute approximate surface area is 192 Å². The molecule has 0 fully saturated rings. The third-order valence-corrected chi connectivity index (χ3v) is 5.11. The van der Waals surface area contributed by atoms with Gasteiger partial charge in [-0.05, 0) is 40.5 Å². The van der Waals surface area contributed by atoms with Crippen molar-refractivity contribution < 1.29 is 23.8 Å². The summed E-state index contributed by atoms with van der Waals surface area (Å²) in [4.78, 5) is 23.6. The molecule has 1 atom stereocenters. The lowest BCUT2D eigenvalue weighted by molar-refractivity contribution is -0.154. The van der Waals surface area contributed by atoms with Gasteiger partial charge in [-0.2, -0.15) is 0 Å². The zero-order valence-corrected chi connectivity index (χ0v) is 21.1. The largest absolute Gasteiger partial charge is 0.466 e. The second-order valence-corrected chi connectivity index (χ2v) is 9.69. The van der Waals surface area contributed by atoms with Gasteiger partial charge in [0, 0.05) is 12.8 Å². The van der Waals surface area contributed by atoms with Crippen LogP contribution in [0.25, 0.3) is 0 Å². The smallest absolute Gasteiger partial charge is 0.306 e. The van der Waals surface area contributed by atoms with Crippen LogP contribution in [0.5, 0.6) is 0 Å². The van der Waals surface area contributed by atoms with Gasteiger partial charge in [0.15, 0.2) is 0 Å². The summed E-state index contributed by atoms with van der Waals surface area (Å²) in [7, 11) is 0. The first kappa shape index (κ1) is 29.9. The third kappa shape index (κ3) is 23.4. The first-order valence-corrected chi connectivity index (χ1v) is 12.7. The van der Waals surface area contributed by atoms with Crippen LogP contribution in [0.15, 0.2) is 0 Å². The van der Waals surface area contributed by atoms with Crippen molar-refractivity contribution in [3.63, 3.8) is 0 Å². The maximum absolute atomic E-state index is 11.8. The summed E-state index contributed by atoms with van der Waals surface area (Å²) < 4.78 is 16.2. The zero-order chi connectivity index (χ0) is 23.4. The van der Waals surface area contributed by atoms with Crippen molar-refractivity contribution in [2.45, 2.75) is 143 Å². The fraction of sp³-hybridized carbons (Fsp3) is 0.923. The third-order valence-electron chi connectivity index (χ3n) is 5.11. The van der Waals surface area contributed by atoms with E-state index < -0.39 is 0 Å². The highest BCUT2D eigenvalue weighted by molar-refractivity contribution is 5.72. The summed E-state index contributed by atoms with van der Waals surface area (Å²) in [5.41, 5.74) is -0.252. The van der Waals surface area contributed by atoms with Crippen LogP contribution in [-0.4, -0.2) is 36.9 Å². The molecule has 0 bridgehead atoms. The minimum absolute atomic E-state index is 0.222. The van der Waals surface area contributed by atoms with E-state index in [1.165, 1.54) is 64.2 Å². The number of unbranched alkanes of at least 4 members (excludes halogenated alkanes) is 11. The maximum Gasteiger partial charge on any atom is 0.306 e. The van der Waals surface area contributed by atoms with Crippen LogP contribution in [0.3, 0.4) is 0 Å². The molecule has 1 unspecified atom stereocenters. The van der Waals surface area contributed by atoms with Gasteiger partial charge in [-0.25, -0.2) is 0 Å². The van der Waals surface area contributed by atoms with Gasteiger partial charge >= 0.3 is 11.9 Å². The van der Waals surface area contributed by atoms with E-state index in [2.05, 4.69) is 6.92 Å². The van der Waals surface area contributed by atoms with Gasteiger partial charge < -0.3 is 14.2 Å². The fourth-order valence-corrected chi connectivity index (χ4v) is 3.26. The van der Waals surface area contributed by atoms with Crippen molar-refractivity contribution in [2.75, 3.05) is 13.2 Å². The standard InChI is InChI=1S/C26H50O5/c1-6-7-8-9-10-11-12-13-14-15-16-17-21-29-24(27)19-18-20-25(28)31-23(2)22-30-26(3,4)5/h23H,6-22H2,1-5H3. The molecule has 5 nitrogen and oxygen atoms in total. The summed E-state index contributed by atoms with van der Waals surface area (Å²) in [5.74, 6) is -0.515. The zero-order valence-electron chi connectivity index (χ0n) is 21.1. The van der Waals surface area contributed by atoms with Gasteiger partial charge in [0.2, 0.25) is 0 Å². The number of hydrogen-bond donors (Lipinski definition) is 0. The number of esters is 2. The summed E-state index contributed by atoms with van der Waals surface area (Å²) in [5, 5.41) is 0. The van der Waals surface area contributed by atoms with Crippen LogP contribution < -0.4 is 0 Å². The highest BCUT2D eigenvalue weighted by atomic mass is 16.6. The van der Waals surface area contributed by atoms with Crippen molar-refractivity contribution >= 4 is 11.9 Å². The molecule has 0 aromatic rings. The van der Waals surface area contributed by atoms with E-state index in [1.54, 1.807) is 0 Å². The lowest BCUT2D eigenvalue weighted by atomic mass is 10.1. The molecule has 0 N–H and O–H groups in total. The van der Waals surface area contributed by atoms with Gasteiger partial charge in [0.25, 0.3) is 0 Å². The molecule has 0 aromatic carbocycles. The Bertz CT molecular complexity index is 442. The van der Waals surface area contributed by atoms with E-state index in [4.69, 9.17) is 14.2 Å². The van der Waals surface area contributed by atoms with Crippen molar-refractivity contribution in [3.05, 3.63) is 0 Å². The lowest BCUT2D eigenvalue weighted by Gasteiger charge is -2.22. The van der Waals surface area contributed by atoms with Gasteiger partial charge in [-0.15, -0.1) is 0 Å². The number of hydrogen-bond acceptors (Lipinski definition) is 5. The molecule has 0 aliphatic carbocycles.